The van der Waals surface area contributed by atoms with Crippen molar-refractivity contribution in [3.8, 4) is 11.5 Å². The molecule has 34 heavy (non-hydrogen) atoms. The summed E-state index contributed by atoms with van der Waals surface area (Å²) in [7, 11) is 1.33. The zero-order valence-corrected chi connectivity index (χ0v) is 19.6. The molecule has 0 fully saturated rings. The number of amides is 1. The minimum atomic E-state index is -0.993. The van der Waals surface area contributed by atoms with Crippen molar-refractivity contribution < 1.29 is 38.0 Å². The van der Waals surface area contributed by atoms with Gasteiger partial charge in [-0.1, -0.05) is 12.1 Å². The Morgan fingerprint density at radius 3 is 2.15 bits per heavy atom. The number of methoxy groups -OCH3 is 1. The van der Waals surface area contributed by atoms with E-state index < -0.39 is 18.2 Å². The Bertz CT molecular complexity index is 874. The Hall–Kier alpha value is -3.33. The number of halogens is 1. The molecule has 0 aliphatic rings. The van der Waals surface area contributed by atoms with Crippen LogP contribution in [0.3, 0.4) is 0 Å². The largest absolute Gasteiger partial charge is 0.494 e. The van der Waals surface area contributed by atoms with Crippen LogP contribution in [0, 0.1) is 5.82 Å². The van der Waals surface area contributed by atoms with Crippen LogP contribution in [0.25, 0.3) is 0 Å². The number of unbranched alkanes of at least 4 members (excludes halogenated alkanes) is 1. The molecule has 1 unspecified atom stereocenters. The highest BCUT2D eigenvalue weighted by Gasteiger charge is 2.18. The molecule has 1 amide bonds. The molecule has 0 heterocycles. The highest BCUT2D eigenvalue weighted by atomic mass is 19.1. The van der Waals surface area contributed by atoms with E-state index in [2.05, 4.69) is 0 Å². The molecule has 0 aromatic heterocycles. The molecule has 9 heteroatoms. The second-order valence-corrected chi connectivity index (χ2v) is 7.45. The third-order valence-corrected chi connectivity index (χ3v) is 4.96. The molecular formula is C25H32FNO7. The lowest BCUT2D eigenvalue weighted by Gasteiger charge is -2.21. The van der Waals surface area contributed by atoms with Gasteiger partial charge in [0.25, 0.3) is 0 Å². The van der Waals surface area contributed by atoms with Gasteiger partial charge in [0.2, 0.25) is 0 Å². The number of nitrogens with zero attached hydrogens (tertiary/aromatic N) is 1. The minimum Gasteiger partial charge on any atom is -0.494 e. The molecule has 186 valence electrons. The van der Waals surface area contributed by atoms with Gasteiger partial charge in [0.1, 0.15) is 23.9 Å². The molecule has 0 aliphatic carbocycles. The van der Waals surface area contributed by atoms with Gasteiger partial charge in [-0.05, 0) is 61.7 Å². The number of carbonyl (C=O) groups is 2. The van der Waals surface area contributed by atoms with E-state index in [0.29, 0.717) is 50.6 Å². The molecule has 0 radical (unpaired) electrons. The van der Waals surface area contributed by atoms with Gasteiger partial charge in [0.15, 0.2) is 6.10 Å². The number of rotatable bonds is 15. The molecule has 0 saturated carbocycles. The fourth-order valence-electron chi connectivity index (χ4n) is 3.18. The van der Waals surface area contributed by atoms with Crippen molar-refractivity contribution in [3.05, 3.63) is 59.9 Å². The van der Waals surface area contributed by atoms with E-state index in [1.165, 1.54) is 19.2 Å². The number of benzene rings is 2. The van der Waals surface area contributed by atoms with Crippen molar-refractivity contribution in [3.63, 3.8) is 0 Å². The Balaban J connectivity index is 1.73. The molecule has 0 aliphatic heterocycles. The van der Waals surface area contributed by atoms with Crippen LogP contribution >= 0.6 is 0 Å². The first-order valence-electron chi connectivity index (χ1n) is 11.2. The summed E-state index contributed by atoms with van der Waals surface area (Å²) < 4.78 is 34.3. The number of carbonyl (C=O) groups excluding carboxylic acids is 1. The van der Waals surface area contributed by atoms with Gasteiger partial charge < -0.3 is 29.0 Å². The van der Waals surface area contributed by atoms with Crippen LogP contribution in [0.15, 0.2) is 48.5 Å². The quantitative estimate of drug-likeness (QED) is 0.385. The Morgan fingerprint density at radius 2 is 1.56 bits per heavy atom. The first kappa shape index (κ1) is 26.9. The number of hydrogen-bond acceptors (Lipinski definition) is 6. The van der Waals surface area contributed by atoms with Gasteiger partial charge >= 0.3 is 12.1 Å². The van der Waals surface area contributed by atoms with Crippen molar-refractivity contribution in [1.82, 2.24) is 4.90 Å². The van der Waals surface area contributed by atoms with Crippen LogP contribution in [-0.2, 0) is 20.7 Å². The van der Waals surface area contributed by atoms with Crippen LogP contribution in [0.4, 0.5) is 9.18 Å². The molecule has 2 aromatic rings. The Morgan fingerprint density at radius 1 is 0.941 bits per heavy atom. The third-order valence-electron chi connectivity index (χ3n) is 4.96. The molecule has 0 spiro atoms. The van der Waals surface area contributed by atoms with Crippen molar-refractivity contribution in [1.29, 1.82) is 0 Å². The predicted octanol–water partition coefficient (Wildman–Crippen LogP) is 4.16. The average molecular weight is 478 g/mol. The van der Waals surface area contributed by atoms with E-state index in [0.717, 1.165) is 5.56 Å². The van der Waals surface area contributed by atoms with E-state index in [-0.39, 0.29) is 18.8 Å². The van der Waals surface area contributed by atoms with Crippen LogP contribution in [0.1, 0.15) is 25.3 Å². The van der Waals surface area contributed by atoms with Gasteiger partial charge in [-0.25, -0.2) is 14.0 Å². The van der Waals surface area contributed by atoms with Gasteiger partial charge in [0.05, 0.1) is 20.3 Å². The van der Waals surface area contributed by atoms with E-state index in [9.17, 15) is 19.1 Å². The zero-order valence-electron chi connectivity index (χ0n) is 19.6. The molecule has 1 atom stereocenters. The normalized spacial score (nSPS) is 11.5. The standard InChI is InChI=1S/C25H32FNO7/c1-3-32-23(24(28)29)18-19-6-10-21(11-7-19)34-17-15-27(25(30)31-2)14-4-5-16-33-22-12-8-20(26)9-13-22/h6-13,23H,3-5,14-18H2,1-2H3,(H,28,29). The number of ether oxygens (including phenoxy) is 4. The molecule has 8 nitrogen and oxygen atoms in total. The summed E-state index contributed by atoms with van der Waals surface area (Å²) in [5.41, 5.74) is 0.826. The highest BCUT2D eigenvalue weighted by molar-refractivity contribution is 5.72. The second kappa shape index (κ2) is 14.7. The SMILES string of the molecule is CCOC(Cc1ccc(OCCN(CCCCOc2ccc(F)cc2)C(=O)OC)cc1)C(=O)O. The number of carboxylic acid groups (broad SMARTS) is 1. The minimum absolute atomic E-state index is 0.268. The van der Waals surface area contributed by atoms with E-state index in [4.69, 9.17) is 18.9 Å². The lowest BCUT2D eigenvalue weighted by atomic mass is 10.1. The summed E-state index contributed by atoms with van der Waals surface area (Å²) in [5.74, 6) is -0.0914. The smallest absolute Gasteiger partial charge is 0.409 e. The van der Waals surface area contributed by atoms with Crippen LogP contribution in [0.5, 0.6) is 11.5 Å². The average Bonchev–Trinajstić information content (AvgIpc) is 2.84. The highest BCUT2D eigenvalue weighted by Crippen LogP contribution is 2.15. The molecule has 0 bridgehead atoms. The molecule has 1 N–H and O–H groups in total. The van der Waals surface area contributed by atoms with Crippen molar-refractivity contribution in [2.75, 3.05) is 40.0 Å². The van der Waals surface area contributed by atoms with Gasteiger partial charge in [-0.2, -0.15) is 0 Å². The zero-order chi connectivity index (χ0) is 24.8. The van der Waals surface area contributed by atoms with Crippen molar-refractivity contribution in [2.45, 2.75) is 32.3 Å². The van der Waals surface area contributed by atoms with E-state index in [1.807, 2.05) is 0 Å². The first-order chi connectivity index (χ1) is 16.4. The number of carboxylic acids is 1. The van der Waals surface area contributed by atoms with Crippen LogP contribution < -0.4 is 9.47 Å². The summed E-state index contributed by atoms with van der Waals surface area (Å²) in [6, 6.07) is 12.9. The second-order valence-electron chi connectivity index (χ2n) is 7.45. The van der Waals surface area contributed by atoms with Gasteiger partial charge in [-0.3, -0.25) is 0 Å². The number of hydrogen-bond donors (Lipinski definition) is 1. The van der Waals surface area contributed by atoms with Gasteiger partial charge in [-0.15, -0.1) is 0 Å². The van der Waals surface area contributed by atoms with Crippen molar-refractivity contribution in [2.24, 2.45) is 0 Å². The van der Waals surface area contributed by atoms with Crippen LogP contribution in [-0.4, -0.2) is 68.2 Å². The maximum absolute atomic E-state index is 12.9. The first-order valence-corrected chi connectivity index (χ1v) is 11.2. The van der Waals surface area contributed by atoms with Crippen LogP contribution in [0.2, 0.25) is 0 Å². The Kier molecular flexibility index (Phi) is 11.7. The molecule has 0 saturated heterocycles. The Labute approximate surface area is 199 Å². The predicted molar refractivity (Wildman–Crippen MR) is 124 cm³/mol. The topological polar surface area (TPSA) is 94.5 Å². The van der Waals surface area contributed by atoms with Crippen molar-refractivity contribution >= 4 is 12.1 Å². The molecule has 2 aromatic carbocycles. The summed E-state index contributed by atoms with van der Waals surface area (Å²) in [6.07, 6.45) is 0.368. The maximum Gasteiger partial charge on any atom is 0.409 e. The third kappa shape index (κ3) is 9.66. The maximum atomic E-state index is 12.9. The van der Waals surface area contributed by atoms with E-state index >= 15 is 0 Å². The fourth-order valence-corrected chi connectivity index (χ4v) is 3.18. The summed E-state index contributed by atoms with van der Waals surface area (Å²) in [4.78, 5) is 24.8. The monoisotopic (exact) mass is 477 g/mol. The fraction of sp³-hybridized carbons (Fsp3) is 0.440. The summed E-state index contributed by atoms with van der Waals surface area (Å²) in [5, 5.41) is 9.19. The van der Waals surface area contributed by atoms with Gasteiger partial charge in [0, 0.05) is 19.6 Å². The lowest BCUT2D eigenvalue weighted by Crippen LogP contribution is -2.35. The lowest BCUT2D eigenvalue weighted by molar-refractivity contribution is -0.149. The number of aliphatic carboxylic acids is 1. The molecule has 2 rings (SSSR count). The summed E-state index contributed by atoms with van der Waals surface area (Å²) in [6.45, 7) is 3.64. The van der Waals surface area contributed by atoms with E-state index in [1.54, 1.807) is 48.2 Å². The summed E-state index contributed by atoms with van der Waals surface area (Å²) >= 11 is 0. The molecular weight excluding hydrogens is 445 g/mol.